The quantitative estimate of drug-likeness (QED) is 0.205. The predicted molar refractivity (Wildman–Crippen MR) is 121 cm³/mol. The summed E-state index contributed by atoms with van der Waals surface area (Å²) in [6, 6.07) is 7.47. The molecule has 0 aliphatic carbocycles. The highest BCUT2D eigenvalue weighted by molar-refractivity contribution is 7.80. The molecule has 1 aromatic carbocycles. The molecule has 0 saturated heterocycles. The highest BCUT2D eigenvalue weighted by atomic mass is 32.1. The van der Waals surface area contributed by atoms with Crippen LogP contribution in [0.25, 0.3) is 0 Å². The van der Waals surface area contributed by atoms with Crippen molar-refractivity contribution in [3.8, 4) is 0 Å². The van der Waals surface area contributed by atoms with E-state index < -0.39 is 0 Å². The van der Waals surface area contributed by atoms with E-state index >= 15 is 0 Å². The van der Waals surface area contributed by atoms with Crippen LogP contribution in [0.5, 0.6) is 0 Å². The van der Waals surface area contributed by atoms with Gasteiger partial charge >= 0.3 is 0 Å². The van der Waals surface area contributed by atoms with Crippen molar-refractivity contribution in [1.29, 1.82) is 0 Å². The summed E-state index contributed by atoms with van der Waals surface area (Å²) in [6.45, 7) is 0. The summed E-state index contributed by atoms with van der Waals surface area (Å²) in [5, 5.41) is 7.92. The van der Waals surface area contributed by atoms with Gasteiger partial charge in [0.05, 0.1) is 12.4 Å². The maximum absolute atomic E-state index is 9.43. The van der Waals surface area contributed by atoms with Crippen molar-refractivity contribution in [2.24, 2.45) is 21.7 Å². The first-order chi connectivity index (χ1) is 13.1. The average Bonchev–Trinajstić information content (AvgIpc) is 2.63. The molecular weight excluding hydrogens is 400 g/mol. The van der Waals surface area contributed by atoms with Crippen LogP contribution in [0.3, 0.4) is 0 Å². The predicted octanol–water partition coefficient (Wildman–Crippen LogP) is -0.570. The molecule has 0 aliphatic heterocycles. The van der Waals surface area contributed by atoms with Crippen LogP contribution in [0.15, 0.2) is 34.5 Å². The van der Waals surface area contributed by atoms with Gasteiger partial charge in [-0.2, -0.15) is 10.2 Å². The number of nitrogens with two attached hydrogens (primary N) is 2. The van der Waals surface area contributed by atoms with Crippen molar-refractivity contribution in [2.45, 2.75) is 0 Å². The number of thiocarbonyl (C=S) groups is 2. The zero-order valence-corrected chi connectivity index (χ0v) is 17.8. The lowest BCUT2D eigenvalue weighted by Crippen LogP contribution is -2.24. The second kappa shape index (κ2) is 17.3. The lowest BCUT2D eigenvalue weighted by Gasteiger charge is -1.97. The molecule has 0 aromatic heterocycles. The smallest absolute Gasteiger partial charge is 0.209 e. The molecule has 0 unspecified atom stereocenters. The van der Waals surface area contributed by atoms with Gasteiger partial charge in [0.1, 0.15) is 0 Å². The Hall–Kier alpha value is -3.12. The highest BCUT2D eigenvalue weighted by Gasteiger charge is 1.90. The number of hydrogen-bond donors (Lipinski definition) is 4. The number of hydrazone groups is 2. The normalized spacial score (nSPS) is 9.29. The van der Waals surface area contributed by atoms with Crippen LogP contribution in [0.4, 0.5) is 0 Å². The van der Waals surface area contributed by atoms with Gasteiger partial charge in [-0.3, -0.25) is 20.4 Å². The highest BCUT2D eigenvalue weighted by Crippen LogP contribution is 1.99. The maximum atomic E-state index is 9.43. The Morgan fingerprint density at radius 3 is 1.25 bits per heavy atom. The Balaban J connectivity index is 0. The van der Waals surface area contributed by atoms with Gasteiger partial charge in [0.25, 0.3) is 0 Å². The van der Waals surface area contributed by atoms with Crippen LogP contribution < -0.4 is 22.3 Å². The van der Waals surface area contributed by atoms with E-state index in [9.17, 15) is 9.59 Å². The molecule has 0 aliphatic rings. The van der Waals surface area contributed by atoms with Crippen LogP contribution in [-0.4, -0.2) is 73.5 Å². The summed E-state index contributed by atoms with van der Waals surface area (Å²) in [6.07, 6.45) is 4.71. The van der Waals surface area contributed by atoms with Crippen molar-refractivity contribution in [3.05, 3.63) is 35.4 Å². The summed E-state index contributed by atoms with van der Waals surface area (Å²) in [7, 11) is 6.75. The fourth-order valence-electron chi connectivity index (χ4n) is 1.01. The van der Waals surface area contributed by atoms with Gasteiger partial charge in [-0.15, -0.1) is 0 Å². The lowest BCUT2D eigenvalue weighted by molar-refractivity contribution is -0.116. The number of carbonyl (C=O) groups is 2. The number of rotatable bonds is 6. The van der Waals surface area contributed by atoms with Crippen molar-refractivity contribution in [1.82, 2.24) is 20.7 Å². The molecule has 28 heavy (non-hydrogen) atoms. The summed E-state index contributed by atoms with van der Waals surface area (Å²) >= 11 is 9.22. The first-order valence-electron chi connectivity index (χ1n) is 7.62. The monoisotopic (exact) mass is 426 g/mol. The Kier molecular flexibility index (Phi) is 16.7. The minimum absolute atomic E-state index is 0.124. The largest absolute Gasteiger partial charge is 0.375 e. The fraction of sp³-hybridized carbons (Fsp3) is 0.250. The van der Waals surface area contributed by atoms with Crippen molar-refractivity contribution < 1.29 is 9.59 Å². The molecule has 1 aromatic rings. The van der Waals surface area contributed by atoms with E-state index in [0.29, 0.717) is 0 Å². The number of nitrogens with zero attached hydrogens (tertiary/aromatic N) is 4. The van der Waals surface area contributed by atoms with Crippen LogP contribution in [0.2, 0.25) is 0 Å². The molecule has 12 heteroatoms. The van der Waals surface area contributed by atoms with Crippen LogP contribution in [0, 0.1) is 0 Å². The maximum Gasteiger partial charge on any atom is 0.209 e. The Morgan fingerprint density at radius 1 is 0.821 bits per heavy atom. The van der Waals surface area contributed by atoms with Gasteiger partial charge in [-0.25, -0.2) is 0 Å². The molecule has 10 nitrogen and oxygen atoms in total. The number of amides is 2. The summed E-state index contributed by atoms with van der Waals surface area (Å²) in [5.74, 6) is 0. The molecule has 1 rings (SSSR count). The van der Waals surface area contributed by atoms with Gasteiger partial charge in [-0.1, -0.05) is 24.3 Å². The number of hydrogen-bond acceptors (Lipinski definition) is 6. The zero-order valence-electron chi connectivity index (χ0n) is 16.2. The molecule has 154 valence electrons. The second-order valence-electron chi connectivity index (χ2n) is 5.27. The molecule has 0 radical (unpaired) electrons. The van der Waals surface area contributed by atoms with Crippen LogP contribution in [-0.2, 0) is 9.59 Å². The topological polar surface area (TPSA) is 141 Å². The van der Waals surface area contributed by atoms with E-state index in [1.165, 1.54) is 9.80 Å². The van der Waals surface area contributed by atoms with E-state index in [1.54, 1.807) is 40.6 Å². The van der Waals surface area contributed by atoms with E-state index in [4.69, 9.17) is 11.5 Å². The number of nitrogens with one attached hydrogen (secondary N) is 2. The first-order valence-corrected chi connectivity index (χ1v) is 8.44. The van der Waals surface area contributed by atoms with Crippen molar-refractivity contribution in [3.63, 3.8) is 0 Å². The van der Waals surface area contributed by atoms with Gasteiger partial charge < -0.3 is 21.3 Å². The SMILES string of the molecule is CN(C)C=O.CN(C)C=O.NC(=S)N/N=C/c1ccc(/C=N/NC(N)=S)cc1. The molecule has 0 spiro atoms. The molecule has 6 N–H and O–H groups in total. The molecule has 0 bridgehead atoms. The summed E-state index contributed by atoms with van der Waals surface area (Å²) < 4.78 is 0. The standard InChI is InChI=1S/C10H12N6S2.2C3H7NO/c11-9(17)15-13-5-7-1-2-8(4-3-7)6-14-16-10(12)18;2*1-4(2)3-5/h1-6H,(H3,11,15,17)(H3,12,16,18);2*3H,1-2H3/b13-5+,14-6+;;. The molecular formula is C16H26N8O2S2. The Morgan fingerprint density at radius 2 is 1.07 bits per heavy atom. The third-order valence-electron chi connectivity index (χ3n) is 2.13. The molecule has 0 saturated carbocycles. The van der Waals surface area contributed by atoms with E-state index in [1.807, 2.05) is 24.3 Å². The fourth-order valence-corrected chi connectivity index (χ4v) is 1.11. The Labute approximate surface area is 175 Å². The Bertz CT molecular complexity index is 604. The van der Waals surface area contributed by atoms with Gasteiger partial charge in [0.15, 0.2) is 10.2 Å². The lowest BCUT2D eigenvalue weighted by atomic mass is 10.2. The van der Waals surface area contributed by atoms with Crippen LogP contribution in [0.1, 0.15) is 11.1 Å². The van der Waals surface area contributed by atoms with Gasteiger partial charge in [0, 0.05) is 28.2 Å². The molecule has 0 fully saturated rings. The third-order valence-corrected chi connectivity index (χ3v) is 2.32. The molecule has 0 heterocycles. The van der Waals surface area contributed by atoms with E-state index in [2.05, 4.69) is 45.5 Å². The zero-order chi connectivity index (χ0) is 21.9. The molecule has 0 atom stereocenters. The number of benzene rings is 1. The first kappa shape index (κ1) is 27.1. The summed E-state index contributed by atoms with van der Waals surface area (Å²) in [4.78, 5) is 21.8. The minimum Gasteiger partial charge on any atom is -0.375 e. The van der Waals surface area contributed by atoms with Crippen molar-refractivity contribution in [2.75, 3.05) is 28.2 Å². The van der Waals surface area contributed by atoms with E-state index in [-0.39, 0.29) is 10.2 Å². The second-order valence-corrected chi connectivity index (χ2v) is 6.15. The van der Waals surface area contributed by atoms with Crippen LogP contribution >= 0.6 is 24.4 Å². The average molecular weight is 427 g/mol. The van der Waals surface area contributed by atoms with Crippen molar-refractivity contribution >= 4 is 59.9 Å². The summed E-state index contributed by atoms with van der Waals surface area (Å²) in [5.41, 5.74) is 17.2. The van der Waals surface area contributed by atoms with Gasteiger partial charge in [-0.05, 0) is 35.6 Å². The third kappa shape index (κ3) is 20.9. The molecule has 2 amide bonds. The van der Waals surface area contributed by atoms with Gasteiger partial charge in [0.2, 0.25) is 12.8 Å². The van der Waals surface area contributed by atoms with E-state index in [0.717, 1.165) is 23.9 Å². The number of carbonyl (C=O) groups excluding carboxylic acids is 2. The minimum atomic E-state index is 0.124.